The number of dihydropyridines is 1. The number of allylic oxidation sites excluding steroid dienone is 6. The highest BCUT2D eigenvalue weighted by Gasteiger charge is 2.20. The first-order valence-electron chi connectivity index (χ1n) is 4.47. The van der Waals surface area contributed by atoms with Crippen LogP contribution in [-0.2, 0) is 0 Å². The molecule has 0 fully saturated rings. The Balaban J connectivity index is 1.97. The highest BCUT2D eigenvalue weighted by Crippen LogP contribution is 2.34. The monoisotopic (exact) mass is 157 g/mol. The Morgan fingerprint density at radius 2 is 1.50 bits per heavy atom. The minimum absolute atomic E-state index is 1.15. The largest absolute Gasteiger partial charge is 0.356 e. The Hall–Kier alpha value is -1.24. The molecular weight excluding hydrogens is 146 g/mol. The first kappa shape index (κ1) is 6.30. The van der Waals surface area contributed by atoms with E-state index in [0.29, 0.717) is 0 Å². The lowest BCUT2D eigenvalue weighted by Crippen LogP contribution is -2.16. The van der Waals surface area contributed by atoms with Crippen LogP contribution in [0.1, 0.15) is 19.3 Å². The molecule has 2 aliphatic carbocycles. The molecule has 0 spiro atoms. The molecule has 0 aromatic rings. The van der Waals surface area contributed by atoms with Gasteiger partial charge in [-0.1, -0.05) is 12.2 Å². The molecule has 1 heteroatoms. The van der Waals surface area contributed by atoms with Gasteiger partial charge >= 0.3 is 0 Å². The van der Waals surface area contributed by atoms with Gasteiger partial charge in [-0.25, -0.2) is 0 Å². The van der Waals surface area contributed by atoms with Crippen molar-refractivity contribution in [3.63, 3.8) is 0 Å². The molecule has 0 atom stereocenters. The summed E-state index contributed by atoms with van der Waals surface area (Å²) in [5.74, 6) is 0. The zero-order chi connectivity index (χ0) is 7.97. The Morgan fingerprint density at radius 1 is 0.917 bits per heavy atom. The molecule has 3 aliphatic rings. The van der Waals surface area contributed by atoms with Gasteiger partial charge in [-0.15, -0.1) is 0 Å². The van der Waals surface area contributed by atoms with Gasteiger partial charge < -0.3 is 5.32 Å². The summed E-state index contributed by atoms with van der Waals surface area (Å²) in [5, 5.41) is 3.46. The maximum Gasteiger partial charge on any atom is 0.0379 e. The third-order valence-electron chi connectivity index (χ3n) is 2.76. The second-order valence-electron chi connectivity index (χ2n) is 3.55. The van der Waals surface area contributed by atoms with Crippen molar-refractivity contribution in [2.24, 2.45) is 0 Å². The van der Waals surface area contributed by atoms with Gasteiger partial charge in [-0.05, 0) is 42.6 Å². The molecule has 0 aromatic carbocycles. The highest BCUT2D eigenvalue weighted by atomic mass is 14.9. The van der Waals surface area contributed by atoms with E-state index in [1.807, 2.05) is 0 Å². The van der Waals surface area contributed by atoms with Crippen LogP contribution >= 0.6 is 0 Å². The van der Waals surface area contributed by atoms with Gasteiger partial charge in [0.25, 0.3) is 0 Å². The molecule has 1 nitrogen and oxygen atoms in total. The smallest absolute Gasteiger partial charge is 0.0379 e. The van der Waals surface area contributed by atoms with Gasteiger partial charge in [-0.3, -0.25) is 0 Å². The highest BCUT2D eigenvalue weighted by molar-refractivity contribution is 5.48. The van der Waals surface area contributed by atoms with Crippen LogP contribution in [0, 0.1) is 0 Å². The van der Waals surface area contributed by atoms with Crippen molar-refractivity contribution in [3.05, 3.63) is 46.8 Å². The van der Waals surface area contributed by atoms with Crippen LogP contribution in [0.15, 0.2) is 46.8 Å². The minimum Gasteiger partial charge on any atom is -0.356 e. The van der Waals surface area contributed by atoms with E-state index in [0.717, 1.165) is 12.8 Å². The van der Waals surface area contributed by atoms with E-state index >= 15 is 0 Å². The van der Waals surface area contributed by atoms with Crippen LogP contribution < -0.4 is 5.32 Å². The Kier molecular flexibility index (Phi) is 1.12. The lowest BCUT2D eigenvalue weighted by molar-refractivity contribution is 0.883. The Bertz CT molecular complexity index is 319. The van der Waals surface area contributed by atoms with Crippen molar-refractivity contribution in [1.82, 2.24) is 5.32 Å². The number of rotatable bonds is 0. The summed E-state index contributed by atoms with van der Waals surface area (Å²) in [5.41, 5.74) is 5.83. The van der Waals surface area contributed by atoms with Gasteiger partial charge in [0.2, 0.25) is 0 Å². The van der Waals surface area contributed by atoms with Gasteiger partial charge in [-0.2, -0.15) is 0 Å². The van der Waals surface area contributed by atoms with Gasteiger partial charge in [0.05, 0.1) is 0 Å². The fourth-order valence-corrected chi connectivity index (χ4v) is 2.09. The van der Waals surface area contributed by atoms with E-state index in [9.17, 15) is 0 Å². The SMILES string of the molecule is C1=CC2=C(C1)CC1=C(C=CC1)N2. The van der Waals surface area contributed by atoms with Crippen LogP contribution in [0.5, 0.6) is 0 Å². The second-order valence-corrected chi connectivity index (χ2v) is 3.55. The van der Waals surface area contributed by atoms with Gasteiger partial charge in [0.15, 0.2) is 0 Å². The normalized spacial score (nSPS) is 24.7. The number of nitrogens with one attached hydrogen (secondary N) is 1. The molecular formula is C11H11N. The summed E-state index contributed by atoms with van der Waals surface area (Å²) in [4.78, 5) is 0. The second kappa shape index (κ2) is 2.13. The summed E-state index contributed by atoms with van der Waals surface area (Å²) in [6.07, 6.45) is 12.4. The molecule has 3 rings (SSSR count). The molecule has 0 aromatic heterocycles. The Labute approximate surface area is 72.2 Å². The third-order valence-corrected chi connectivity index (χ3v) is 2.76. The maximum atomic E-state index is 3.46. The van der Waals surface area contributed by atoms with Crippen LogP contribution in [0.25, 0.3) is 0 Å². The van der Waals surface area contributed by atoms with E-state index in [4.69, 9.17) is 0 Å². The van der Waals surface area contributed by atoms with Crippen molar-refractivity contribution < 1.29 is 0 Å². The predicted octanol–water partition coefficient (Wildman–Crippen LogP) is 2.41. The van der Waals surface area contributed by atoms with Crippen molar-refractivity contribution in [1.29, 1.82) is 0 Å². The van der Waals surface area contributed by atoms with E-state index in [-0.39, 0.29) is 0 Å². The molecule has 0 unspecified atom stereocenters. The molecule has 0 amide bonds. The topological polar surface area (TPSA) is 12.0 Å². The summed E-state index contributed by atoms with van der Waals surface area (Å²) >= 11 is 0. The van der Waals surface area contributed by atoms with Crippen molar-refractivity contribution in [2.45, 2.75) is 19.3 Å². The lowest BCUT2D eigenvalue weighted by atomic mass is 9.99. The summed E-state index contributed by atoms with van der Waals surface area (Å²) < 4.78 is 0. The van der Waals surface area contributed by atoms with E-state index in [1.54, 1.807) is 11.1 Å². The average Bonchev–Trinajstić information content (AvgIpc) is 2.64. The van der Waals surface area contributed by atoms with Crippen molar-refractivity contribution >= 4 is 0 Å². The van der Waals surface area contributed by atoms with Crippen LogP contribution in [0.2, 0.25) is 0 Å². The van der Waals surface area contributed by atoms with Crippen LogP contribution in [0.4, 0.5) is 0 Å². The minimum atomic E-state index is 1.15. The fourth-order valence-electron chi connectivity index (χ4n) is 2.09. The molecule has 12 heavy (non-hydrogen) atoms. The maximum absolute atomic E-state index is 3.46. The zero-order valence-corrected chi connectivity index (χ0v) is 6.93. The Morgan fingerprint density at radius 3 is 2.08 bits per heavy atom. The standard InChI is InChI=1S/C11H11N/c1-3-8-7-9-4-2-6-11(9)12-10(8)5-1/h1-2,5-6,12H,3-4,7H2. The zero-order valence-electron chi connectivity index (χ0n) is 6.93. The molecule has 1 heterocycles. The molecule has 0 bridgehead atoms. The van der Waals surface area contributed by atoms with Crippen LogP contribution in [-0.4, -0.2) is 0 Å². The van der Waals surface area contributed by atoms with Gasteiger partial charge in [0.1, 0.15) is 0 Å². The lowest BCUT2D eigenvalue weighted by Gasteiger charge is -2.18. The molecule has 0 radical (unpaired) electrons. The third kappa shape index (κ3) is 0.737. The van der Waals surface area contributed by atoms with Crippen molar-refractivity contribution in [3.8, 4) is 0 Å². The molecule has 60 valence electrons. The number of hydrogen-bond donors (Lipinski definition) is 1. The van der Waals surface area contributed by atoms with Crippen molar-refractivity contribution in [2.75, 3.05) is 0 Å². The fraction of sp³-hybridized carbons (Fsp3) is 0.273. The predicted molar refractivity (Wildman–Crippen MR) is 49.3 cm³/mol. The molecule has 1 aliphatic heterocycles. The summed E-state index contributed by atoms with van der Waals surface area (Å²) in [7, 11) is 0. The number of hydrogen-bond acceptors (Lipinski definition) is 1. The first-order valence-corrected chi connectivity index (χ1v) is 4.47. The van der Waals surface area contributed by atoms with Gasteiger partial charge in [0, 0.05) is 11.4 Å². The van der Waals surface area contributed by atoms with E-state index in [1.165, 1.54) is 17.8 Å². The molecule has 0 saturated heterocycles. The molecule has 0 saturated carbocycles. The average molecular weight is 157 g/mol. The quantitative estimate of drug-likeness (QED) is 0.569. The first-order chi connectivity index (χ1) is 5.93. The van der Waals surface area contributed by atoms with E-state index in [2.05, 4.69) is 29.6 Å². The van der Waals surface area contributed by atoms with Crippen LogP contribution in [0.3, 0.4) is 0 Å². The summed E-state index contributed by atoms with van der Waals surface area (Å²) in [6, 6.07) is 0. The van der Waals surface area contributed by atoms with E-state index < -0.39 is 0 Å². The summed E-state index contributed by atoms with van der Waals surface area (Å²) in [6.45, 7) is 0. The molecule has 1 N–H and O–H groups in total.